The van der Waals surface area contributed by atoms with Gasteiger partial charge >= 0.3 is 0 Å². The zero-order valence-electron chi connectivity index (χ0n) is 22.5. The predicted molar refractivity (Wildman–Crippen MR) is 135 cm³/mol. The Bertz CT molecular complexity index is 870. The van der Waals surface area contributed by atoms with E-state index in [2.05, 4.69) is 47.6 Å². The van der Waals surface area contributed by atoms with E-state index in [-0.39, 0.29) is 46.4 Å². The van der Waals surface area contributed by atoms with Crippen molar-refractivity contribution in [3.63, 3.8) is 0 Å². The molecule has 0 unspecified atom stereocenters. The summed E-state index contributed by atoms with van der Waals surface area (Å²) in [6, 6.07) is 0. The lowest BCUT2D eigenvalue weighted by molar-refractivity contribution is -0.219. The summed E-state index contributed by atoms with van der Waals surface area (Å²) in [5, 5.41) is 42.9. The molecule has 4 nitrogen and oxygen atoms in total. The highest BCUT2D eigenvalue weighted by molar-refractivity contribution is 5.34. The molecule has 5 aliphatic rings. The Morgan fingerprint density at radius 2 is 1.47 bits per heavy atom. The fraction of sp³-hybridized carbons (Fsp3) is 0.933. The second-order valence-electron chi connectivity index (χ2n) is 15.0. The molecule has 0 amide bonds. The first-order valence-corrected chi connectivity index (χ1v) is 14.0. The van der Waals surface area contributed by atoms with Gasteiger partial charge in [-0.15, -0.1) is 0 Å². The molecule has 0 saturated heterocycles. The Hall–Kier alpha value is -0.420. The number of aliphatic hydroxyl groups is 4. The zero-order chi connectivity index (χ0) is 24.9. The van der Waals surface area contributed by atoms with E-state index in [9.17, 15) is 20.4 Å². The molecule has 0 heterocycles. The minimum atomic E-state index is -0.416. The monoisotopic (exact) mass is 474 g/mol. The van der Waals surface area contributed by atoms with Crippen molar-refractivity contribution in [2.45, 2.75) is 112 Å². The highest BCUT2D eigenvalue weighted by atomic mass is 16.3. The van der Waals surface area contributed by atoms with E-state index >= 15 is 0 Å². The van der Waals surface area contributed by atoms with Gasteiger partial charge in [0.25, 0.3) is 0 Å². The van der Waals surface area contributed by atoms with Gasteiger partial charge in [0.15, 0.2) is 0 Å². The number of fused-ring (bicyclic) bond motifs is 7. The molecule has 11 atom stereocenters. The normalized spacial score (nSPS) is 59.2. The summed E-state index contributed by atoms with van der Waals surface area (Å²) in [6.45, 7) is 14.3. The van der Waals surface area contributed by atoms with E-state index in [1.807, 2.05) is 0 Å². The Labute approximate surface area is 207 Å². The van der Waals surface area contributed by atoms with Crippen molar-refractivity contribution >= 4 is 0 Å². The maximum Gasteiger partial charge on any atom is 0.0618 e. The van der Waals surface area contributed by atoms with E-state index in [1.54, 1.807) is 5.57 Å². The van der Waals surface area contributed by atoms with Gasteiger partial charge in [-0.25, -0.2) is 0 Å². The second-order valence-corrected chi connectivity index (χ2v) is 15.0. The van der Waals surface area contributed by atoms with Crippen molar-refractivity contribution < 1.29 is 20.4 Å². The van der Waals surface area contributed by atoms with Crippen LogP contribution in [-0.4, -0.2) is 45.8 Å². The van der Waals surface area contributed by atoms with Crippen molar-refractivity contribution in [2.24, 2.45) is 50.2 Å². The molecule has 4 fully saturated rings. The lowest BCUT2D eigenvalue weighted by Crippen LogP contribution is -2.66. The molecule has 5 rings (SSSR count). The Balaban J connectivity index is 1.58. The quantitative estimate of drug-likeness (QED) is 0.421. The molecule has 34 heavy (non-hydrogen) atoms. The van der Waals surface area contributed by atoms with Crippen LogP contribution in [0.1, 0.15) is 99.3 Å². The highest BCUT2D eigenvalue weighted by Gasteiger charge is 2.69. The summed E-state index contributed by atoms with van der Waals surface area (Å²) < 4.78 is 0. The first-order valence-electron chi connectivity index (χ1n) is 14.0. The fourth-order valence-corrected chi connectivity index (χ4v) is 10.7. The van der Waals surface area contributed by atoms with E-state index in [4.69, 9.17) is 0 Å². The number of rotatable bonds is 2. The minimum Gasteiger partial charge on any atom is -0.396 e. The molecular weight excluding hydrogens is 424 g/mol. The molecule has 194 valence electrons. The lowest BCUT2D eigenvalue weighted by Gasteiger charge is -2.71. The topological polar surface area (TPSA) is 80.9 Å². The van der Waals surface area contributed by atoms with Crippen LogP contribution < -0.4 is 0 Å². The summed E-state index contributed by atoms with van der Waals surface area (Å²) in [5.41, 5.74) is 1.21. The Morgan fingerprint density at radius 1 is 0.765 bits per heavy atom. The fourth-order valence-electron chi connectivity index (χ4n) is 10.7. The molecule has 4 N–H and O–H groups in total. The number of allylic oxidation sites excluding steroid dienone is 2. The molecule has 5 aliphatic carbocycles. The Kier molecular flexibility index (Phi) is 5.61. The summed E-state index contributed by atoms with van der Waals surface area (Å²) in [4.78, 5) is 0. The first kappa shape index (κ1) is 25.2. The third-order valence-electron chi connectivity index (χ3n) is 13.5. The number of hydrogen-bond acceptors (Lipinski definition) is 4. The SMILES string of the molecule is C[C@@]1(CO)C[C@@H](O)[C@]2(C)CC[C@]3(C)C(=CC[C@H]4[C@@]5(C)CC[C@H](O)[C@](C)(CO)[C@@H]5CC[C@]43C)[C@@H]2C1. The molecule has 0 radical (unpaired) electrons. The van der Waals surface area contributed by atoms with Crippen LogP contribution in [-0.2, 0) is 0 Å². The predicted octanol–water partition coefficient (Wildman–Crippen LogP) is 5.08. The largest absolute Gasteiger partial charge is 0.396 e. The van der Waals surface area contributed by atoms with Crippen molar-refractivity contribution in [1.29, 1.82) is 0 Å². The van der Waals surface area contributed by atoms with Crippen LogP contribution in [0.15, 0.2) is 11.6 Å². The van der Waals surface area contributed by atoms with Crippen LogP contribution in [0.3, 0.4) is 0 Å². The van der Waals surface area contributed by atoms with Crippen LogP contribution in [0, 0.1) is 50.2 Å². The molecule has 0 bridgehead atoms. The van der Waals surface area contributed by atoms with Gasteiger partial charge in [-0.1, -0.05) is 53.2 Å². The van der Waals surface area contributed by atoms with Crippen LogP contribution in [0.4, 0.5) is 0 Å². The van der Waals surface area contributed by atoms with Gasteiger partial charge < -0.3 is 20.4 Å². The van der Waals surface area contributed by atoms with E-state index in [1.165, 1.54) is 0 Å². The maximum atomic E-state index is 11.3. The number of hydrogen-bond donors (Lipinski definition) is 4. The molecule has 4 saturated carbocycles. The van der Waals surface area contributed by atoms with Crippen LogP contribution in [0.2, 0.25) is 0 Å². The molecule has 0 spiro atoms. The molecular formula is C30H50O4. The van der Waals surface area contributed by atoms with Gasteiger partial charge in [0.2, 0.25) is 0 Å². The molecule has 4 heteroatoms. The van der Waals surface area contributed by atoms with Crippen LogP contribution in [0.5, 0.6) is 0 Å². The van der Waals surface area contributed by atoms with Crippen molar-refractivity contribution in [2.75, 3.05) is 13.2 Å². The van der Waals surface area contributed by atoms with E-state index in [0.29, 0.717) is 24.2 Å². The molecule has 0 aliphatic heterocycles. The third-order valence-corrected chi connectivity index (χ3v) is 13.5. The van der Waals surface area contributed by atoms with Gasteiger partial charge in [-0.3, -0.25) is 0 Å². The molecule has 0 aromatic heterocycles. The summed E-state index contributed by atoms with van der Waals surface area (Å²) >= 11 is 0. The smallest absolute Gasteiger partial charge is 0.0618 e. The zero-order valence-corrected chi connectivity index (χ0v) is 22.5. The van der Waals surface area contributed by atoms with Gasteiger partial charge in [0.05, 0.1) is 18.8 Å². The first-order chi connectivity index (χ1) is 15.7. The Morgan fingerprint density at radius 3 is 2.12 bits per heavy atom. The summed E-state index contributed by atoms with van der Waals surface area (Å²) in [7, 11) is 0. The minimum absolute atomic E-state index is 0.0638. The molecule has 0 aromatic rings. The van der Waals surface area contributed by atoms with Crippen molar-refractivity contribution in [3.05, 3.63) is 11.6 Å². The van der Waals surface area contributed by atoms with Crippen LogP contribution in [0.25, 0.3) is 0 Å². The summed E-state index contributed by atoms with van der Waals surface area (Å²) in [5.74, 6) is 1.20. The second kappa shape index (κ2) is 7.55. The summed E-state index contributed by atoms with van der Waals surface area (Å²) in [6.07, 6.45) is 10.7. The van der Waals surface area contributed by atoms with Gasteiger partial charge in [0, 0.05) is 17.4 Å². The van der Waals surface area contributed by atoms with E-state index in [0.717, 1.165) is 51.4 Å². The lowest BCUT2D eigenvalue weighted by atomic mass is 9.33. The average Bonchev–Trinajstić information content (AvgIpc) is 2.79. The number of aliphatic hydroxyl groups excluding tert-OH is 4. The van der Waals surface area contributed by atoms with E-state index < -0.39 is 11.5 Å². The van der Waals surface area contributed by atoms with Gasteiger partial charge in [0.1, 0.15) is 0 Å². The molecule has 0 aromatic carbocycles. The van der Waals surface area contributed by atoms with Crippen LogP contribution >= 0.6 is 0 Å². The average molecular weight is 475 g/mol. The van der Waals surface area contributed by atoms with Gasteiger partial charge in [-0.2, -0.15) is 0 Å². The van der Waals surface area contributed by atoms with Crippen molar-refractivity contribution in [1.82, 2.24) is 0 Å². The third kappa shape index (κ3) is 2.92. The standard InChI is InChI=1S/C30H50O4/c1-25(17-31)15-20-19-7-8-22-27(3)11-10-23(33)28(4,18-32)21(27)9-12-30(22,6)29(19,5)14-13-26(20,2)24(34)16-25/h7,20-24,31-34H,8-18H2,1-6H3/t20-,21+,22-,23-,24+,25-,26+,27-,28+,29+,30+/m0/s1. The highest BCUT2D eigenvalue weighted by Crippen LogP contribution is 2.75. The van der Waals surface area contributed by atoms with Gasteiger partial charge in [-0.05, 0) is 97.2 Å². The maximum absolute atomic E-state index is 11.3. The van der Waals surface area contributed by atoms with Crippen molar-refractivity contribution in [3.8, 4) is 0 Å².